The molecule has 26 heavy (non-hydrogen) atoms. The average Bonchev–Trinajstić information content (AvgIpc) is 2.96. The van der Waals surface area contributed by atoms with Crippen LogP contribution in [0.2, 0.25) is 0 Å². The van der Waals surface area contributed by atoms with Crippen molar-refractivity contribution in [3.05, 3.63) is 35.9 Å². The van der Waals surface area contributed by atoms with Crippen LogP contribution in [0.15, 0.2) is 30.3 Å². The third-order valence-electron chi connectivity index (χ3n) is 6.78. The minimum atomic E-state index is -0.587. The summed E-state index contributed by atoms with van der Waals surface area (Å²) in [6.45, 7) is 1.23. The van der Waals surface area contributed by atoms with Gasteiger partial charge < -0.3 is 14.9 Å². The molecule has 0 radical (unpaired) electrons. The number of nitrogens with zero attached hydrogens (tertiary/aromatic N) is 2. The minimum Gasteiger partial charge on any atom is -0.389 e. The average molecular weight is 356 g/mol. The Balaban J connectivity index is 1.54. The lowest BCUT2D eigenvalue weighted by molar-refractivity contribution is -0.148. The fraction of sp³-hybridized carbons (Fsp3) is 0.619. The van der Waals surface area contributed by atoms with Crippen molar-refractivity contribution in [3.8, 4) is 0 Å². The first-order valence-corrected chi connectivity index (χ1v) is 9.81. The van der Waals surface area contributed by atoms with E-state index in [0.29, 0.717) is 19.5 Å². The van der Waals surface area contributed by atoms with Crippen LogP contribution in [0.4, 0.5) is 0 Å². The SMILES string of the molecule is CN1C(=O)C[C@H](C(=O)N2CC[C@@]3(O)CCCC[C@H]3C2)[C@@H]1c1ccccc1. The highest BCUT2D eigenvalue weighted by Crippen LogP contribution is 2.42. The van der Waals surface area contributed by atoms with E-state index in [1.165, 1.54) is 0 Å². The van der Waals surface area contributed by atoms with Gasteiger partial charge in [0.25, 0.3) is 0 Å². The Hall–Kier alpha value is -1.88. The molecule has 1 aromatic rings. The molecule has 4 atom stereocenters. The van der Waals surface area contributed by atoms with Crippen molar-refractivity contribution in [1.82, 2.24) is 9.80 Å². The number of piperidine rings is 1. The molecule has 0 aromatic heterocycles. The summed E-state index contributed by atoms with van der Waals surface area (Å²) in [6.07, 6.45) is 5.00. The summed E-state index contributed by atoms with van der Waals surface area (Å²) in [6, 6.07) is 9.66. The number of carbonyl (C=O) groups is 2. The summed E-state index contributed by atoms with van der Waals surface area (Å²) in [5, 5.41) is 10.9. The molecular weight excluding hydrogens is 328 g/mol. The molecule has 0 bridgehead atoms. The van der Waals surface area contributed by atoms with Gasteiger partial charge in [-0.15, -0.1) is 0 Å². The second-order valence-corrected chi connectivity index (χ2v) is 8.25. The van der Waals surface area contributed by atoms with E-state index in [4.69, 9.17) is 0 Å². The minimum absolute atomic E-state index is 0.0309. The summed E-state index contributed by atoms with van der Waals surface area (Å²) in [4.78, 5) is 29.3. The molecule has 5 nitrogen and oxygen atoms in total. The maximum atomic E-state index is 13.3. The first-order valence-electron chi connectivity index (χ1n) is 9.81. The molecule has 1 aliphatic carbocycles. The van der Waals surface area contributed by atoms with Gasteiger partial charge in [-0.05, 0) is 24.8 Å². The van der Waals surface area contributed by atoms with Crippen LogP contribution in [-0.2, 0) is 9.59 Å². The highest BCUT2D eigenvalue weighted by Gasteiger charge is 2.48. The number of hydrogen-bond acceptors (Lipinski definition) is 3. The molecule has 5 heteroatoms. The van der Waals surface area contributed by atoms with Crippen molar-refractivity contribution in [2.45, 2.75) is 50.2 Å². The summed E-state index contributed by atoms with van der Waals surface area (Å²) in [7, 11) is 1.80. The van der Waals surface area contributed by atoms with Gasteiger partial charge in [0.15, 0.2) is 0 Å². The van der Waals surface area contributed by atoms with Crippen molar-refractivity contribution in [2.24, 2.45) is 11.8 Å². The summed E-state index contributed by atoms with van der Waals surface area (Å²) in [5.41, 5.74) is 0.432. The Morgan fingerprint density at radius 3 is 2.73 bits per heavy atom. The molecule has 140 valence electrons. The van der Waals surface area contributed by atoms with Crippen LogP contribution >= 0.6 is 0 Å². The fourth-order valence-electron chi connectivity index (χ4n) is 5.20. The van der Waals surface area contributed by atoms with Crippen molar-refractivity contribution in [2.75, 3.05) is 20.1 Å². The quantitative estimate of drug-likeness (QED) is 0.885. The van der Waals surface area contributed by atoms with Gasteiger partial charge in [0.2, 0.25) is 11.8 Å². The van der Waals surface area contributed by atoms with Crippen LogP contribution in [0, 0.1) is 11.8 Å². The molecule has 3 aliphatic rings. The van der Waals surface area contributed by atoms with Gasteiger partial charge in [-0.3, -0.25) is 9.59 Å². The van der Waals surface area contributed by atoms with Crippen LogP contribution in [-0.4, -0.2) is 52.5 Å². The van der Waals surface area contributed by atoms with Crippen molar-refractivity contribution in [3.63, 3.8) is 0 Å². The molecule has 2 amide bonds. The zero-order valence-corrected chi connectivity index (χ0v) is 15.4. The Bertz CT molecular complexity index is 692. The number of benzene rings is 1. The van der Waals surface area contributed by atoms with Crippen molar-refractivity contribution < 1.29 is 14.7 Å². The first kappa shape index (κ1) is 17.5. The van der Waals surface area contributed by atoms with E-state index in [-0.39, 0.29) is 36.1 Å². The molecule has 1 saturated carbocycles. The molecule has 0 unspecified atom stereocenters. The van der Waals surface area contributed by atoms with Gasteiger partial charge in [0.1, 0.15) is 0 Å². The number of likely N-dealkylation sites (tertiary alicyclic amines) is 2. The topological polar surface area (TPSA) is 60.9 Å². The standard InChI is InChI=1S/C21H28N2O3/c1-22-18(24)13-17(19(22)15-7-3-2-4-8-15)20(25)23-12-11-21(26)10-6-5-9-16(21)14-23/h2-4,7-8,16-17,19,26H,5-6,9-14H2,1H3/t16-,17-,19-,21-/m0/s1. The fourth-order valence-corrected chi connectivity index (χ4v) is 5.20. The monoisotopic (exact) mass is 356 g/mol. The Morgan fingerprint density at radius 2 is 1.96 bits per heavy atom. The number of carbonyl (C=O) groups excluding carboxylic acids is 2. The predicted octanol–water partition coefficient (Wildman–Crippen LogP) is 2.36. The maximum Gasteiger partial charge on any atom is 0.228 e. The van der Waals surface area contributed by atoms with Crippen LogP contribution in [0.3, 0.4) is 0 Å². The van der Waals surface area contributed by atoms with Crippen LogP contribution in [0.5, 0.6) is 0 Å². The number of amides is 2. The van der Waals surface area contributed by atoms with Gasteiger partial charge in [-0.1, -0.05) is 43.2 Å². The van der Waals surface area contributed by atoms with E-state index in [2.05, 4.69) is 0 Å². The number of rotatable bonds is 2. The highest BCUT2D eigenvalue weighted by molar-refractivity contribution is 5.90. The molecule has 2 heterocycles. The van der Waals surface area contributed by atoms with Gasteiger partial charge in [0, 0.05) is 32.5 Å². The zero-order chi connectivity index (χ0) is 18.3. The second-order valence-electron chi connectivity index (χ2n) is 8.25. The van der Waals surface area contributed by atoms with E-state index in [0.717, 1.165) is 31.2 Å². The molecule has 4 rings (SSSR count). The Labute approximate surface area is 155 Å². The smallest absolute Gasteiger partial charge is 0.228 e. The third kappa shape index (κ3) is 2.92. The number of fused-ring (bicyclic) bond motifs is 1. The van der Waals surface area contributed by atoms with E-state index >= 15 is 0 Å². The lowest BCUT2D eigenvalue weighted by Gasteiger charge is -2.48. The summed E-state index contributed by atoms with van der Waals surface area (Å²) < 4.78 is 0. The van der Waals surface area contributed by atoms with E-state index in [1.807, 2.05) is 35.2 Å². The molecule has 0 spiro atoms. The third-order valence-corrected chi connectivity index (χ3v) is 6.78. The Morgan fingerprint density at radius 1 is 1.19 bits per heavy atom. The van der Waals surface area contributed by atoms with Gasteiger partial charge in [-0.25, -0.2) is 0 Å². The zero-order valence-electron chi connectivity index (χ0n) is 15.4. The summed E-state index contributed by atoms with van der Waals surface area (Å²) >= 11 is 0. The van der Waals surface area contributed by atoms with Crippen LogP contribution < -0.4 is 0 Å². The first-order chi connectivity index (χ1) is 12.5. The number of hydrogen-bond donors (Lipinski definition) is 1. The van der Waals surface area contributed by atoms with E-state index in [9.17, 15) is 14.7 Å². The molecule has 1 N–H and O–H groups in total. The highest BCUT2D eigenvalue weighted by atomic mass is 16.3. The Kier molecular flexibility index (Phi) is 4.51. The molecule has 2 saturated heterocycles. The van der Waals surface area contributed by atoms with Gasteiger partial charge in [0.05, 0.1) is 17.6 Å². The van der Waals surface area contributed by atoms with E-state index < -0.39 is 5.60 Å². The van der Waals surface area contributed by atoms with Crippen molar-refractivity contribution in [1.29, 1.82) is 0 Å². The lowest BCUT2D eigenvalue weighted by Crippen LogP contribution is -2.55. The normalized spacial score (nSPS) is 34.7. The maximum absolute atomic E-state index is 13.3. The molecule has 3 fully saturated rings. The predicted molar refractivity (Wildman–Crippen MR) is 98.2 cm³/mol. The second kappa shape index (κ2) is 6.69. The largest absolute Gasteiger partial charge is 0.389 e. The molecule has 2 aliphatic heterocycles. The van der Waals surface area contributed by atoms with Crippen molar-refractivity contribution >= 4 is 11.8 Å². The van der Waals surface area contributed by atoms with E-state index in [1.54, 1.807) is 11.9 Å². The van der Waals surface area contributed by atoms with Gasteiger partial charge in [-0.2, -0.15) is 0 Å². The lowest BCUT2D eigenvalue weighted by atomic mass is 9.71. The summed E-state index contributed by atoms with van der Waals surface area (Å²) in [5.74, 6) is -0.0452. The number of aliphatic hydroxyl groups is 1. The van der Waals surface area contributed by atoms with Crippen LogP contribution in [0.25, 0.3) is 0 Å². The van der Waals surface area contributed by atoms with Gasteiger partial charge >= 0.3 is 0 Å². The van der Waals surface area contributed by atoms with Crippen LogP contribution in [0.1, 0.15) is 50.1 Å². The molecule has 1 aromatic carbocycles. The molecular formula is C21H28N2O3.